The minimum Gasteiger partial charge on any atom is -0.399 e. The summed E-state index contributed by atoms with van der Waals surface area (Å²) < 4.78 is 5.28. The fraction of sp³-hybridized carbons (Fsp3) is 0.556. The number of nitrogens with two attached hydrogens (primary N) is 1. The highest BCUT2D eigenvalue weighted by Crippen LogP contribution is 2.10. The molecule has 3 rings (SSSR count). The quantitative estimate of drug-likeness (QED) is 0.726. The molecule has 2 N–H and O–H groups in total. The van der Waals surface area contributed by atoms with Gasteiger partial charge in [-0.15, -0.1) is 24.8 Å². The second kappa shape index (κ2) is 11.3. The second-order valence-electron chi connectivity index (χ2n) is 6.57. The summed E-state index contributed by atoms with van der Waals surface area (Å²) in [6, 6.07) is 7.42. The standard InChI is InChI=1S/C18H26N4O3.2ClH/c19-16-3-1-15(2-4-16)13-17(23)21-7-5-20(6-8-21)14-18(24)22-9-11-25-12-10-22;;/h1-4H,5-14,19H2;2*1H. The summed E-state index contributed by atoms with van der Waals surface area (Å²) in [5.74, 6) is 0.286. The molecule has 27 heavy (non-hydrogen) atoms. The lowest BCUT2D eigenvalue weighted by molar-refractivity contribution is -0.137. The predicted octanol–water partition coefficient (Wildman–Crippen LogP) is 0.658. The van der Waals surface area contributed by atoms with Crippen LogP contribution in [0.15, 0.2) is 24.3 Å². The maximum atomic E-state index is 12.4. The van der Waals surface area contributed by atoms with Gasteiger partial charge >= 0.3 is 0 Å². The molecule has 0 aromatic heterocycles. The van der Waals surface area contributed by atoms with Crippen molar-refractivity contribution in [3.63, 3.8) is 0 Å². The van der Waals surface area contributed by atoms with E-state index in [4.69, 9.17) is 10.5 Å². The van der Waals surface area contributed by atoms with E-state index in [0.29, 0.717) is 58.0 Å². The van der Waals surface area contributed by atoms with Crippen LogP contribution in [0.1, 0.15) is 5.56 Å². The molecule has 7 nitrogen and oxygen atoms in total. The molecule has 2 aliphatic heterocycles. The highest BCUT2D eigenvalue weighted by molar-refractivity contribution is 5.85. The van der Waals surface area contributed by atoms with Gasteiger partial charge in [-0.05, 0) is 17.7 Å². The summed E-state index contributed by atoms with van der Waals surface area (Å²) in [5, 5.41) is 0. The Morgan fingerprint density at radius 3 is 2.00 bits per heavy atom. The van der Waals surface area contributed by atoms with Gasteiger partial charge in [-0.25, -0.2) is 0 Å². The topological polar surface area (TPSA) is 79.1 Å². The number of halogens is 2. The smallest absolute Gasteiger partial charge is 0.236 e. The highest BCUT2D eigenvalue weighted by Gasteiger charge is 2.24. The van der Waals surface area contributed by atoms with Gasteiger partial charge in [0.05, 0.1) is 26.2 Å². The van der Waals surface area contributed by atoms with E-state index in [1.807, 2.05) is 34.1 Å². The second-order valence-corrected chi connectivity index (χ2v) is 6.57. The number of carbonyl (C=O) groups is 2. The predicted molar refractivity (Wildman–Crippen MR) is 109 cm³/mol. The third-order valence-corrected chi connectivity index (χ3v) is 4.78. The minimum absolute atomic E-state index is 0. The zero-order valence-electron chi connectivity index (χ0n) is 15.3. The van der Waals surface area contributed by atoms with E-state index in [2.05, 4.69) is 4.90 Å². The molecule has 2 heterocycles. The third kappa shape index (κ3) is 6.84. The Morgan fingerprint density at radius 2 is 1.41 bits per heavy atom. The van der Waals surface area contributed by atoms with Crippen LogP contribution >= 0.6 is 24.8 Å². The number of benzene rings is 1. The van der Waals surface area contributed by atoms with Crippen molar-refractivity contribution in [2.45, 2.75) is 6.42 Å². The Balaban J connectivity index is 0.00000182. The number of morpholine rings is 1. The average Bonchev–Trinajstić information content (AvgIpc) is 2.65. The largest absolute Gasteiger partial charge is 0.399 e. The first kappa shape index (κ1) is 23.5. The summed E-state index contributed by atoms with van der Waals surface area (Å²) in [6.07, 6.45) is 0.396. The van der Waals surface area contributed by atoms with Crippen molar-refractivity contribution in [3.8, 4) is 0 Å². The monoisotopic (exact) mass is 418 g/mol. The number of hydrogen-bond donors (Lipinski definition) is 1. The Bertz CT molecular complexity index is 601. The first-order valence-corrected chi connectivity index (χ1v) is 8.82. The summed E-state index contributed by atoms with van der Waals surface area (Å²) >= 11 is 0. The molecule has 0 spiro atoms. The van der Waals surface area contributed by atoms with Crippen molar-refractivity contribution in [2.24, 2.45) is 0 Å². The molecule has 2 fully saturated rings. The zero-order chi connectivity index (χ0) is 17.6. The van der Waals surface area contributed by atoms with Gasteiger partial charge in [0, 0.05) is 45.0 Å². The maximum Gasteiger partial charge on any atom is 0.236 e. The molecule has 2 saturated heterocycles. The van der Waals surface area contributed by atoms with Gasteiger partial charge in [-0.1, -0.05) is 12.1 Å². The zero-order valence-corrected chi connectivity index (χ0v) is 17.0. The average molecular weight is 419 g/mol. The van der Waals surface area contributed by atoms with E-state index in [9.17, 15) is 9.59 Å². The molecule has 0 saturated carbocycles. The van der Waals surface area contributed by atoms with E-state index in [1.54, 1.807) is 0 Å². The van der Waals surface area contributed by atoms with E-state index >= 15 is 0 Å². The van der Waals surface area contributed by atoms with Crippen LogP contribution in [0.4, 0.5) is 5.69 Å². The van der Waals surface area contributed by atoms with Crippen molar-refractivity contribution in [3.05, 3.63) is 29.8 Å². The summed E-state index contributed by atoms with van der Waals surface area (Å²) in [7, 11) is 0. The number of carbonyl (C=O) groups excluding carboxylic acids is 2. The third-order valence-electron chi connectivity index (χ3n) is 4.78. The lowest BCUT2D eigenvalue weighted by atomic mass is 10.1. The Kier molecular flexibility index (Phi) is 9.87. The van der Waals surface area contributed by atoms with Gasteiger partial charge in [0.15, 0.2) is 0 Å². The van der Waals surface area contributed by atoms with Gasteiger partial charge in [0.1, 0.15) is 0 Å². The van der Waals surface area contributed by atoms with E-state index < -0.39 is 0 Å². The number of amides is 2. The first-order chi connectivity index (χ1) is 12.1. The molecular weight excluding hydrogens is 391 g/mol. The number of nitrogen functional groups attached to an aromatic ring is 1. The molecule has 1 aromatic carbocycles. The molecule has 2 aliphatic rings. The normalized spacial score (nSPS) is 17.6. The number of ether oxygens (including phenoxy) is 1. The Hall–Kier alpha value is -1.54. The van der Waals surface area contributed by atoms with E-state index in [-0.39, 0.29) is 36.6 Å². The molecule has 1 aromatic rings. The van der Waals surface area contributed by atoms with Crippen LogP contribution in [0.3, 0.4) is 0 Å². The van der Waals surface area contributed by atoms with E-state index in [0.717, 1.165) is 18.7 Å². The molecule has 0 bridgehead atoms. The van der Waals surface area contributed by atoms with Crippen LogP contribution in [0.2, 0.25) is 0 Å². The lowest BCUT2D eigenvalue weighted by Crippen LogP contribution is -2.52. The van der Waals surface area contributed by atoms with Crippen LogP contribution in [0.25, 0.3) is 0 Å². The molecule has 0 radical (unpaired) electrons. The summed E-state index contributed by atoms with van der Waals surface area (Å²) in [5.41, 5.74) is 7.35. The van der Waals surface area contributed by atoms with Gasteiger partial charge in [0.2, 0.25) is 11.8 Å². The fourth-order valence-corrected chi connectivity index (χ4v) is 3.18. The van der Waals surface area contributed by atoms with Crippen molar-refractivity contribution in [1.82, 2.24) is 14.7 Å². The van der Waals surface area contributed by atoms with Gasteiger partial charge in [0.25, 0.3) is 0 Å². The number of piperazine rings is 1. The van der Waals surface area contributed by atoms with Gasteiger partial charge in [-0.2, -0.15) is 0 Å². The van der Waals surface area contributed by atoms with Crippen molar-refractivity contribution < 1.29 is 14.3 Å². The van der Waals surface area contributed by atoms with Gasteiger partial charge in [-0.3, -0.25) is 14.5 Å². The van der Waals surface area contributed by atoms with Crippen molar-refractivity contribution in [2.75, 3.05) is 64.8 Å². The van der Waals surface area contributed by atoms with Crippen molar-refractivity contribution >= 4 is 42.3 Å². The molecular formula is C18H28Cl2N4O3. The SMILES string of the molecule is Cl.Cl.Nc1ccc(CC(=O)N2CCN(CC(=O)N3CCOCC3)CC2)cc1. The van der Waals surface area contributed by atoms with Crippen LogP contribution in [0.5, 0.6) is 0 Å². The summed E-state index contributed by atoms with van der Waals surface area (Å²) in [4.78, 5) is 30.6. The fourth-order valence-electron chi connectivity index (χ4n) is 3.18. The molecule has 0 atom stereocenters. The van der Waals surface area contributed by atoms with Crippen LogP contribution in [-0.4, -0.2) is 85.5 Å². The summed E-state index contributed by atoms with van der Waals surface area (Å²) in [6.45, 7) is 5.86. The molecule has 152 valence electrons. The Morgan fingerprint density at radius 1 is 0.852 bits per heavy atom. The van der Waals surface area contributed by atoms with Crippen LogP contribution in [0, 0.1) is 0 Å². The minimum atomic E-state index is 0. The number of nitrogens with zero attached hydrogens (tertiary/aromatic N) is 3. The van der Waals surface area contributed by atoms with E-state index in [1.165, 1.54) is 0 Å². The number of rotatable bonds is 4. The molecule has 0 unspecified atom stereocenters. The van der Waals surface area contributed by atoms with Crippen molar-refractivity contribution in [1.29, 1.82) is 0 Å². The van der Waals surface area contributed by atoms with Gasteiger partial charge < -0.3 is 20.3 Å². The Labute approximate surface area is 172 Å². The first-order valence-electron chi connectivity index (χ1n) is 8.82. The highest BCUT2D eigenvalue weighted by atomic mass is 35.5. The number of hydrogen-bond acceptors (Lipinski definition) is 5. The maximum absolute atomic E-state index is 12.4. The molecule has 2 amide bonds. The van der Waals surface area contributed by atoms with Crippen LogP contribution < -0.4 is 5.73 Å². The molecule has 0 aliphatic carbocycles. The lowest BCUT2D eigenvalue weighted by Gasteiger charge is -2.36. The number of anilines is 1. The van der Waals surface area contributed by atoms with Crippen LogP contribution in [-0.2, 0) is 20.7 Å². The molecule has 9 heteroatoms.